The number of hydrogen-bond donors (Lipinski definition) is 1. The van der Waals surface area contributed by atoms with Crippen molar-refractivity contribution in [2.75, 3.05) is 19.8 Å². The standard InChI is InChI=1S/C13H17N5O2S/c1-3-9-11(21-17-16-9)13(19)18-4-5-20-7-10(18)12-14-6-8(2)15-12/h6,10H,3-5,7H2,1-2H3,(H,14,15)/t10-/m1/s1. The summed E-state index contributed by atoms with van der Waals surface area (Å²) in [6.07, 6.45) is 2.46. The number of nitrogens with zero attached hydrogens (tertiary/aromatic N) is 4. The highest BCUT2D eigenvalue weighted by molar-refractivity contribution is 7.08. The maximum absolute atomic E-state index is 12.8. The van der Waals surface area contributed by atoms with Crippen molar-refractivity contribution in [1.29, 1.82) is 0 Å². The van der Waals surface area contributed by atoms with Crippen molar-refractivity contribution in [3.63, 3.8) is 0 Å². The number of aromatic nitrogens is 4. The van der Waals surface area contributed by atoms with Gasteiger partial charge in [0.1, 0.15) is 16.7 Å². The quantitative estimate of drug-likeness (QED) is 0.925. The second-order valence-electron chi connectivity index (χ2n) is 4.94. The summed E-state index contributed by atoms with van der Waals surface area (Å²) in [5, 5.41) is 4.02. The van der Waals surface area contributed by atoms with Crippen LogP contribution in [0.15, 0.2) is 6.20 Å². The van der Waals surface area contributed by atoms with E-state index in [0.717, 1.165) is 28.7 Å². The Morgan fingerprint density at radius 3 is 3.19 bits per heavy atom. The van der Waals surface area contributed by atoms with Crippen molar-refractivity contribution >= 4 is 17.4 Å². The van der Waals surface area contributed by atoms with Crippen LogP contribution in [0.5, 0.6) is 0 Å². The molecule has 0 saturated carbocycles. The molecule has 0 spiro atoms. The topological polar surface area (TPSA) is 84.0 Å². The molecule has 3 rings (SSSR count). The largest absolute Gasteiger partial charge is 0.377 e. The average molecular weight is 307 g/mol. The maximum atomic E-state index is 12.8. The van der Waals surface area contributed by atoms with E-state index in [2.05, 4.69) is 19.6 Å². The van der Waals surface area contributed by atoms with Crippen molar-refractivity contribution in [2.24, 2.45) is 0 Å². The third-order valence-corrected chi connectivity index (χ3v) is 4.27. The third kappa shape index (κ3) is 2.68. The molecule has 1 fully saturated rings. The Morgan fingerprint density at radius 1 is 1.62 bits per heavy atom. The first-order chi connectivity index (χ1) is 10.2. The average Bonchev–Trinajstić information content (AvgIpc) is 3.15. The van der Waals surface area contributed by atoms with E-state index in [1.54, 1.807) is 11.1 Å². The zero-order valence-corrected chi connectivity index (χ0v) is 12.8. The van der Waals surface area contributed by atoms with Gasteiger partial charge in [0, 0.05) is 18.4 Å². The number of morpholine rings is 1. The minimum atomic E-state index is -0.188. The minimum Gasteiger partial charge on any atom is -0.377 e. The van der Waals surface area contributed by atoms with Gasteiger partial charge in [0.05, 0.1) is 18.9 Å². The second kappa shape index (κ2) is 5.90. The van der Waals surface area contributed by atoms with Gasteiger partial charge in [0.15, 0.2) is 0 Å². The molecule has 1 aliphatic heterocycles. The lowest BCUT2D eigenvalue weighted by Crippen LogP contribution is -2.43. The van der Waals surface area contributed by atoms with Crippen molar-refractivity contribution < 1.29 is 9.53 Å². The van der Waals surface area contributed by atoms with Crippen LogP contribution in [-0.4, -0.2) is 50.1 Å². The van der Waals surface area contributed by atoms with E-state index in [1.165, 1.54) is 0 Å². The Hall–Kier alpha value is -1.80. The molecule has 1 atom stereocenters. The molecule has 0 aromatic carbocycles. The van der Waals surface area contributed by atoms with Gasteiger partial charge < -0.3 is 14.6 Å². The molecule has 2 aromatic rings. The predicted octanol–water partition coefficient (Wildman–Crippen LogP) is 1.35. The molecule has 21 heavy (non-hydrogen) atoms. The maximum Gasteiger partial charge on any atom is 0.268 e. The fourth-order valence-corrected chi connectivity index (χ4v) is 3.12. The molecule has 7 nitrogen and oxygen atoms in total. The summed E-state index contributed by atoms with van der Waals surface area (Å²) in [5.41, 5.74) is 1.72. The number of H-pyrrole nitrogens is 1. The highest BCUT2D eigenvalue weighted by atomic mass is 32.1. The lowest BCUT2D eigenvalue weighted by molar-refractivity contribution is -0.00481. The fraction of sp³-hybridized carbons (Fsp3) is 0.538. The first-order valence-corrected chi connectivity index (χ1v) is 7.69. The minimum absolute atomic E-state index is 0.0378. The zero-order chi connectivity index (χ0) is 14.8. The molecule has 0 aliphatic carbocycles. The van der Waals surface area contributed by atoms with E-state index in [1.807, 2.05) is 13.8 Å². The monoisotopic (exact) mass is 307 g/mol. The van der Waals surface area contributed by atoms with Gasteiger partial charge >= 0.3 is 0 Å². The number of ether oxygens (including phenoxy) is 1. The van der Waals surface area contributed by atoms with Crippen molar-refractivity contribution in [3.05, 3.63) is 28.3 Å². The summed E-state index contributed by atoms with van der Waals surface area (Å²) in [4.78, 5) is 22.7. The molecule has 0 radical (unpaired) electrons. The summed E-state index contributed by atoms with van der Waals surface area (Å²) in [6, 6.07) is -0.188. The molecule has 0 unspecified atom stereocenters. The Morgan fingerprint density at radius 2 is 2.48 bits per heavy atom. The number of aromatic amines is 1. The van der Waals surface area contributed by atoms with E-state index in [-0.39, 0.29) is 11.9 Å². The number of rotatable bonds is 3. The van der Waals surface area contributed by atoms with Crippen LogP contribution in [0.3, 0.4) is 0 Å². The molecule has 1 amide bonds. The number of amides is 1. The molecule has 8 heteroatoms. The third-order valence-electron chi connectivity index (χ3n) is 3.51. The van der Waals surface area contributed by atoms with Crippen molar-refractivity contribution in [3.8, 4) is 0 Å². The van der Waals surface area contributed by atoms with Crippen LogP contribution in [-0.2, 0) is 11.2 Å². The molecular weight excluding hydrogens is 290 g/mol. The van der Waals surface area contributed by atoms with Crippen LogP contribution in [0.1, 0.15) is 39.8 Å². The summed E-state index contributed by atoms with van der Waals surface area (Å²) >= 11 is 1.15. The van der Waals surface area contributed by atoms with E-state index in [0.29, 0.717) is 31.1 Å². The first-order valence-electron chi connectivity index (χ1n) is 6.92. The van der Waals surface area contributed by atoms with Gasteiger partial charge in [-0.1, -0.05) is 11.4 Å². The van der Waals surface area contributed by atoms with Gasteiger partial charge in [-0.25, -0.2) is 4.98 Å². The number of aryl methyl sites for hydroxylation is 2. The lowest BCUT2D eigenvalue weighted by atomic mass is 10.2. The molecule has 1 aliphatic rings. The molecule has 112 valence electrons. The van der Waals surface area contributed by atoms with Gasteiger partial charge in [0.25, 0.3) is 5.91 Å². The number of carbonyl (C=O) groups excluding carboxylic acids is 1. The van der Waals surface area contributed by atoms with Crippen LogP contribution in [0.25, 0.3) is 0 Å². The number of imidazole rings is 1. The van der Waals surface area contributed by atoms with Crippen LogP contribution in [0.2, 0.25) is 0 Å². The molecule has 0 bridgehead atoms. The normalized spacial score (nSPS) is 19.0. The molecule has 3 heterocycles. The Labute approximate surface area is 126 Å². The van der Waals surface area contributed by atoms with Crippen LogP contribution in [0, 0.1) is 6.92 Å². The van der Waals surface area contributed by atoms with Gasteiger partial charge in [-0.05, 0) is 24.9 Å². The molecule has 1 saturated heterocycles. The van der Waals surface area contributed by atoms with E-state index in [4.69, 9.17) is 4.74 Å². The molecular formula is C13H17N5O2S. The number of hydrogen-bond acceptors (Lipinski definition) is 6. The van der Waals surface area contributed by atoms with E-state index < -0.39 is 0 Å². The second-order valence-corrected chi connectivity index (χ2v) is 5.70. The van der Waals surface area contributed by atoms with Gasteiger partial charge in [0.2, 0.25) is 0 Å². The number of carbonyl (C=O) groups is 1. The summed E-state index contributed by atoms with van der Waals surface area (Å²) in [6.45, 7) is 5.45. The summed E-state index contributed by atoms with van der Waals surface area (Å²) in [7, 11) is 0. The van der Waals surface area contributed by atoms with Crippen LogP contribution < -0.4 is 0 Å². The summed E-state index contributed by atoms with van der Waals surface area (Å²) in [5.74, 6) is 0.722. The first kappa shape index (κ1) is 14.2. The SMILES string of the molecule is CCc1nnsc1C(=O)N1CCOC[C@@H]1c1ncc(C)[nH]1. The highest BCUT2D eigenvalue weighted by Crippen LogP contribution is 2.25. The molecule has 1 N–H and O–H groups in total. The van der Waals surface area contributed by atoms with Gasteiger partial charge in [-0.3, -0.25) is 4.79 Å². The van der Waals surface area contributed by atoms with Crippen LogP contribution >= 0.6 is 11.5 Å². The van der Waals surface area contributed by atoms with Crippen molar-refractivity contribution in [2.45, 2.75) is 26.3 Å². The highest BCUT2D eigenvalue weighted by Gasteiger charge is 2.33. The van der Waals surface area contributed by atoms with Gasteiger partial charge in [-0.15, -0.1) is 5.10 Å². The van der Waals surface area contributed by atoms with E-state index >= 15 is 0 Å². The van der Waals surface area contributed by atoms with Crippen molar-refractivity contribution in [1.82, 2.24) is 24.5 Å². The lowest BCUT2D eigenvalue weighted by Gasteiger charge is -2.34. The van der Waals surface area contributed by atoms with E-state index in [9.17, 15) is 4.79 Å². The Kier molecular flexibility index (Phi) is 3.98. The fourth-order valence-electron chi connectivity index (χ4n) is 2.41. The smallest absolute Gasteiger partial charge is 0.268 e. The summed E-state index contributed by atoms with van der Waals surface area (Å²) < 4.78 is 9.42. The number of nitrogens with one attached hydrogen (secondary N) is 1. The Bertz CT molecular complexity index is 638. The molecule has 2 aromatic heterocycles. The Balaban J connectivity index is 1.89. The van der Waals surface area contributed by atoms with Gasteiger partial charge in [-0.2, -0.15) is 0 Å². The predicted molar refractivity (Wildman–Crippen MR) is 77.2 cm³/mol. The van der Waals surface area contributed by atoms with Crippen LogP contribution in [0.4, 0.5) is 0 Å². The zero-order valence-electron chi connectivity index (χ0n) is 12.0.